The number of hydrogen-bond donors (Lipinski definition) is 1. The van der Waals surface area contributed by atoms with Crippen molar-refractivity contribution in [3.63, 3.8) is 0 Å². The van der Waals surface area contributed by atoms with E-state index in [1.807, 2.05) is 54.6 Å². The van der Waals surface area contributed by atoms with Gasteiger partial charge < -0.3 is 5.11 Å². The normalized spacial score (nSPS) is 13.7. The molecule has 0 amide bonds. The first kappa shape index (κ1) is 11.9. The van der Waals surface area contributed by atoms with Gasteiger partial charge >= 0.3 is 0 Å². The molecule has 2 aromatic carbocycles. The summed E-state index contributed by atoms with van der Waals surface area (Å²) in [5.74, 6) is 2.47. The Morgan fingerprint density at radius 2 is 1.47 bits per heavy atom. The number of rotatable bonds is 2. The number of hydrogen-bond acceptors (Lipinski definition) is 1. The van der Waals surface area contributed by atoms with E-state index in [2.05, 4.69) is 21.9 Å². The summed E-state index contributed by atoms with van der Waals surface area (Å²) in [6, 6.07) is 16.6. The molecule has 0 aromatic heterocycles. The van der Waals surface area contributed by atoms with Gasteiger partial charge in [0.15, 0.2) is 5.60 Å². The van der Waals surface area contributed by atoms with Crippen LogP contribution in [0.2, 0.25) is 0 Å². The highest BCUT2D eigenvalue weighted by molar-refractivity contribution is 9.10. The van der Waals surface area contributed by atoms with Gasteiger partial charge in [0.2, 0.25) is 0 Å². The summed E-state index contributed by atoms with van der Waals surface area (Å²) in [6.07, 6.45) is 5.50. The molecule has 1 N–H and O–H groups in total. The fourth-order valence-corrected chi connectivity index (χ4v) is 1.97. The van der Waals surface area contributed by atoms with E-state index in [-0.39, 0.29) is 0 Å². The predicted octanol–water partition coefficient (Wildman–Crippen LogP) is 3.32. The monoisotopic (exact) mass is 286 g/mol. The number of aliphatic hydroxyl groups is 1. The molecule has 0 aliphatic rings. The fourth-order valence-electron chi connectivity index (χ4n) is 1.70. The minimum Gasteiger partial charge on any atom is -0.369 e. The summed E-state index contributed by atoms with van der Waals surface area (Å²) < 4.78 is 0.952. The summed E-state index contributed by atoms with van der Waals surface area (Å²) in [5.41, 5.74) is 0.0151. The zero-order valence-electron chi connectivity index (χ0n) is 9.10. The number of terminal acetylenes is 1. The van der Waals surface area contributed by atoms with Crippen LogP contribution >= 0.6 is 15.9 Å². The molecule has 1 nitrogen and oxygen atoms in total. The highest BCUT2D eigenvalue weighted by atomic mass is 79.9. The highest BCUT2D eigenvalue weighted by Crippen LogP contribution is 2.29. The van der Waals surface area contributed by atoms with E-state index in [4.69, 9.17) is 6.42 Å². The lowest BCUT2D eigenvalue weighted by atomic mass is 9.87. The van der Waals surface area contributed by atoms with Gasteiger partial charge in [0.05, 0.1) is 0 Å². The first-order valence-corrected chi connectivity index (χ1v) is 5.98. The summed E-state index contributed by atoms with van der Waals surface area (Å²) in [7, 11) is 0. The second-order valence-corrected chi connectivity index (χ2v) is 4.64. The highest BCUT2D eigenvalue weighted by Gasteiger charge is 2.28. The van der Waals surface area contributed by atoms with Crippen LogP contribution in [-0.2, 0) is 5.60 Å². The summed E-state index contributed by atoms with van der Waals surface area (Å²) in [4.78, 5) is 0. The van der Waals surface area contributed by atoms with E-state index in [0.29, 0.717) is 11.1 Å². The maximum absolute atomic E-state index is 10.6. The minimum absolute atomic E-state index is 0.689. The van der Waals surface area contributed by atoms with Crippen molar-refractivity contribution >= 4 is 15.9 Å². The van der Waals surface area contributed by atoms with Crippen LogP contribution in [0.1, 0.15) is 11.1 Å². The van der Waals surface area contributed by atoms with Crippen LogP contribution in [0.15, 0.2) is 59.1 Å². The molecule has 0 saturated carbocycles. The fraction of sp³-hybridized carbons (Fsp3) is 0.0667. The maximum Gasteiger partial charge on any atom is 0.176 e. The van der Waals surface area contributed by atoms with Gasteiger partial charge in [-0.05, 0) is 12.1 Å². The molecule has 0 spiro atoms. The summed E-state index contributed by atoms with van der Waals surface area (Å²) in [6.45, 7) is 0. The molecule has 0 heterocycles. The van der Waals surface area contributed by atoms with E-state index < -0.39 is 5.60 Å². The molecule has 1 unspecified atom stereocenters. The molecule has 0 radical (unpaired) electrons. The Kier molecular flexibility index (Phi) is 3.33. The molecule has 2 heteroatoms. The Bertz CT molecular complexity index is 539. The van der Waals surface area contributed by atoms with Crippen LogP contribution in [-0.4, -0.2) is 5.11 Å². The molecular weight excluding hydrogens is 276 g/mol. The van der Waals surface area contributed by atoms with E-state index in [1.165, 1.54) is 0 Å². The average Bonchev–Trinajstić information content (AvgIpc) is 2.40. The van der Waals surface area contributed by atoms with Crippen LogP contribution in [0.5, 0.6) is 0 Å². The van der Waals surface area contributed by atoms with Crippen molar-refractivity contribution < 1.29 is 5.11 Å². The average molecular weight is 287 g/mol. The van der Waals surface area contributed by atoms with E-state index >= 15 is 0 Å². The molecule has 0 saturated heterocycles. The third-order valence-corrected chi connectivity index (χ3v) is 3.19. The van der Waals surface area contributed by atoms with Gasteiger partial charge in [-0.2, -0.15) is 0 Å². The lowest BCUT2D eigenvalue weighted by Gasteiger charge is -2.23. The SMILES string of the molecule is C#CC(O)(c1ccccc1)c1ccc(Br)cc1. The smallest absolute Gasteiger partial charge is 0.176 e. The molecule has 0 aliphatic carbocycles. The van der Waals surface area contributed by atoms with Crippen LogP contribution in [0.4, 0.5) is 0 Å². The van der Waals surface area contributed by atoms with Gasteiger partial charge in [-0.3, -0.25) is 0 Å². The third-order valence-electron chi connectivity index (χ3n) is 2.66. The van der Waals surface area contributed by atoms with Crippen LogP contribution in [0.25, 0.3) is 0 Å². The molecule has 0 aliphatic heterocycles. The van der Waals surface area contributed by atoms with Gasteiger partial charge in [-0.15, -0.1) is 6.42 Å². The van der Waals surface area contributed by atoms with Gasteiger partial charge in [0, 0.05) is 15.6 Å². The second kappa shape index (κ2) is 4.75. The van der Waals surface area contributed by atoms with Crippen molar-refractivity contribution in [3.05, 3.63) is 70.2 Å². The first-order chi connectivity index (χ1) is 8.16. The van der Waals surface area contributed by atoms with E-state index in [1.54, 1.807) is 0 Å². The molecule has 2 aromatic rings. The molecular formula is C15H11BrO. The third kappa shape index (κ3) is 2.26. The van der Waals surface area contributed by atoms with Gasteiger partial charge in [-0.25, -0.2) is 0 Å². The maximum atomic E-state index is 10.6. The number of benzene rings is 2. The van der Waals surface area contributed by atoms with Crippen molar-refractivity contribution in [3.8, 4) is 12.3 Å². The van der Waals surface area contributed by atoms with Crippen LogP contribution in [0, 0.1) is 12.3 Å². The Morgan fingerprint density at radius 1 is 0.941 bits per heavy atom. The van der Waals surface area contributed by atoms with Crippen molar-refractivity contribution in [2.24, 2.45) is 0 Å². The zero-order chi connectivity index (χ0) is 12.3. The summed E-state index contributed by atoms with van der Waals surface area (Å²) >= 11 is 3.36. The Labute approximate surface area is 109 Å². The van der Waals surface area contributed by atoms with E-state index in [0.717, 1.165) is 4.47 Å². The molecule has 2 rings (SSSR count). The van der Waals surface area contributed by atoms with Gasteiger partial charge in [0.1, 0.15) is 0 Å². The lowest BCUT2D eigenvalue weighted by molar-refractivity contribution is 0.145. The predicted molar refractivity (Wildman–Crippen MR) is 72.4 cm³/mol. The van der Waals surface area contributed by atoms with Crippen LogP contribution < -0.4 is 0 Å². The minimum atomic E-state index is -1.37. The van der Waals surface area contributed by atoms with Crippen molar-refractivity contribution in [1.29, 1.82) is 0 Å². The van der Waals surface area contributed by atoms with Crippen molar-refractivity contribution in [2.75, 3.05) is 0 Å². The van der Waals surface area contributed by atoms with Gasteiger partial charge in [-0.1, -0.05) is 64.3 Å². The summed E-state index contributed by atoms with van der Waals surface area (Å²) in [5, 5.41) is 10.6. The Hall–Kier alpha value is -1.56. The zero-order valence-corrected chi connectivity index (χ0v) is 10.7. The Morgan fingerprint density at radius 3 is 2.00 bits per heavy atom. The number of halogens is 1. The molecule has 0 fully saturated rings. The van der Waals surface area contributed by atoms with Crippen molar-refractivity contribution in [2.45, 2.75) is 5.60 Å². The largest absolute Gasteiger partial charge is 0.369 e. The lowest BCUT2D eigenvalue weighted by Crippen LogP contribution is -2.24. The molecule has 1 atom stereocenters. The Balaban J connectivity index is 2.53. The first-order valence-electron chi connectivity index (χ1n) is 5.18. The molecule has 0 bridgehead atoms. The van der Waals surface area contributed by atoms with Gasteiger partial charge in [0.25, 0.3) is 0 Å². The van der Waals surface area contributed by atoms with Crippen molar-refractivity contribution in [1.82, 2.24) is 0 Å². The van der Waals surface area contributed by atoms with E-state index in [9.17, 15) is 5.11 Å². The molecule has 84 valence electrons. The second-order valence-electron chi connectivity index (χ2n) is 3.73. The quantitative estimate of drug-likeness (QED) is 0.840. The molecule has 17 heavy (non-hydrogen) atoms. The van der Waals surface area contributed by atoms with Crippen LogP contribution in [0.3, 0.4) is 0 Å². The standard InChI is InChI=1S/C15H11BrO/c1-2-15(17,12-6-4-3-5-7-12)13-8-10-14(16)11-9-13/h1,3-11,17H. The topological polar surface area (TPSA) is 20.2 Å².